The Morgan fingerprint density at radius 3 is 2.89 bits per heavy atom. The lowest BCUT2D eigenvalue weighted by molar-refractivity contribution is 0.0915. The second-order valence-corrected chi connectivity index (χ2v) is 4.61. The number of aryl methyl sites for hydroxylation is 1. The van der Waals surface area contributed by atoms with Gasteiger partial charge in [-0.05, 0) is 30.7 Å². The lowest BCUT2D eigenvalue weighted by Crippen LogP contribution is -2.28. The summed E-state index contributed by atoms with van der Waals surface area (Å²) in [4.78, 5) is 11.8. The number of rotatable bonds is 4. The van der Waals surface area contributed by atoms with Gasteiger partial charge in [-0.2, -0.15) is 0 Å². The van der Waals surface area contributed by atoms with E-state index in [1.807, 2.05) is 0 Å². The number of furan rings is 1. The Morgan fingerprint density at radius 1 is 1.47 bits per heavy atom. The first-order chi connectivity index (χ1) is 9.08. The zero-order valence-electron chi connectivity index (χ0n) is 10.4. The second kappa shape index (κ2) is 5.91. The number of halogens is 1. The molecule has 0 fully saturated rings. The summed E-state index contributed by atoms with van der Waals surface area (Å²) in [7, 11) is 0. The molecule has 1 aromatic carbocycles. The molecule has 5 heteroatoms. The number of amides is 1. The SMILES string of the molecule is Cc1occc1C(=O)NC[C@@H](O)c1cccc(Cl)c1. The topological polar surface area (TPSA) is 62.5 Å². The van der Waals surface area contributed by atoms with E-state index in [-0.39, 0.29) is 12.5 Å². The number of hydrogen-bond donors (Lipinski definition) is 2. The van der Waals surface area contributed by atoms with Gasteiger partial charge in [-0.1, -0.05) is 23.7 Å². The Morgan fingerprint density at radius 2 is 2.26 bits per heavy atom. The van der Waals surface area contributed by atoms with Gasteiger partial charge in [0.2, 0.25) is 0 Å². The highest BCUT2D eigenvalue weighted by Crippen LogP contribution is 2.17. The second-order valence-electron chi connectivity index (χ2n) is 4.17. The number of benzene rings is 1. The van der Waals surface area contributed by atoms with E-state index < -0.39 is 6.10 Å². The van der Waals surface area contributed by atoms with Crippen molar-refractivity contribution >= 4 is 17.5 Å². The lowest BCUT2D eigenvalue weighted by atomic mass is 10.1. The molecule has 2 rings (SSSR count). The first-order valence-electron chi connectivity index (χ1n) is 5.83. The fraction of sp³-hybridized carbons (Fsp3) is 0.214. The Labute approximate surface area is 116 Å². The molecule has 1 atom stereocenters. The van der Waals surface area contributed by atoms with Crippen LogP contribution in [0.25, 0.3) is 0 Å². The summed E-state index contributed by atoms with van der Waals surface area (Å²) in [5.41, 5.74) is 1.13. The van der Waals surface area contributed by atoms with Gasteiger partial charge in [0.1, 0.15) is 5.76 Å². The van der Waals surface area contributed by atoms with Gasteiger partial charge in [0, 0.05) is 11.6 Å². The molecule has 0 saturated carbocycles. The van der Waals surface area contributed by atoms with Crippen LogP contribution in [0, 0.1) is 6.92 Å². The predicted octanol–water partition coefficient (Wildman–Crippen LogP) is 2.70. The van der Waals surface area contributed by atoms with Crippen LogP contribution < -0.4 is 5.32 Å². The van der Waals surface area contributed by atoms with Gasteiger partial charge in [-0.3, -0.25) is 4.79 Å². The average Bonchev–Trinajstić information content (AvgIpc) is 2.82. The summed E-state index contributed by atoms with van der Waals surface area (Å²) >= 11 is 5.84. The maximum Gasteiger partial charge on any atom is 0.254 e. The van der Waals surface area contributed by atoms with Crippen LogP contribution >= 0.6 is 11.6 Å². The number of hydrogen-bond acceptors (Lipinski definition) is 3. The lowest BCUT2D eigenvalue weighted by Gasteiger charge is -2.12. The summed E-state index contributed by atoms with van der Waals surface area (Å²) < 4.78 is 5.05. The molecule has 0 aliphatic carbocycles. The molecule has 1 heterocycles. The molecule has 1 amide bonds. The minimum absolute atomic E-state index is 0.115. The van der Waals surface area contributed by atoms with Crippen LogP contribution in [0.3, 0.4) is 0 Å². The van der Waals surface area contributed by atoms with Crippen molar-refractivity contribution in [2.24, 2.45) is 0 Å². The predicted molar refractivity (Wildman–Crippen MR) is 72.2 cm³/mol. The van der Waals surface area contributed by atoms with Gasteiger partial charge in [0.25, 0.3) is 5.91 Å². The molecule has 2 aromatic rings. The molecular formula is C14H14ClNO3. The van der Waals surface area contributed by atoms with Gasteiger partial charge in [-0.25, -0.2) is 0 Å². The Kier molecular flexibility index (Phi) is 4.24. The third-order valence-electron chi connectivity index (χ3n) is 2.79. The molecule has 0 saturated heterocycles. The van der Waals surface area contributed by atoms with Gasteiger partial charge < -0.3 is 14.8 Å². The largest absolute Gasteiger partial charge is 0.469 e. The summed E-state index contributed by atoms with van der Waals surface area (Å²) in [6.07, 6.45) is 0.660. The first-order valence-corrected chi connectivity index (χ1v) is 6.21. The van der Waals surface area contributed by atoms with Gasteiger partial charge in [0.15, 0.2) is 0 Å². The van der Waals surface area contributed by atoms with E-state index in [4.69, 9.17) is 16.0 Å². The third kappa shape index (κ3) is 3.36. The van der Waals surface area contributed by atoms with E-state index in [2.05, 4.69) is 5.32 Å². The Hall–Kier alpha value is -1.78. The van der Waals surface area contributed by atoms with Crippen molar-refractivity contribution in [1.82, 2.24) is 5.32 Å². The number of carbonyl (C=O) groups is 1. The van der Waals surface area contributed by atoms with E-state index >= 15 is 0 Å². The van der Waals surface area contributed by atoms with E-state index in [0.29, 0.717) is 21.9 Å². The van der Waals surface area contributed by atoms with Gasteiger partial charge in [-0.15, -0.1) is 0 Å². The Balaban J connectivity index is 1.96. The van der Waals surface area contributed by atoms with Crippen LogP contribution in [0.1, 0.15) is 27.8 Å². The summed E-state index contributed by atoms with van der Waals surface area (Å²) in [6.45, 7) is 1.83. The molecule has 0 aliphatic heterocycles. The third-order valence-corrected chi connectivity index (χ3v) is 3.03. The number of aliphatic hydroxyl groups is 1. The number of aliphatic hydroxyl groups excluding tert-OH is 1. The van der Waals surface area contributed by atoms with Gasteiger partial charge >= 0.3 is 0 Å². The molecule has 2 N–H and O–H groups in total. The fourth-order valence-electron chi connectivity index (χ4n) is 1.74. The zero-order chi connectivity index (χ0) is 13.8. The molecule has 0 aliphatic rings. The molecule has 0 unspecified atom stereocenters. The minimum atomic E-state index is -0.796. The van der Waals surface area contributed by atoms with E-state index in [0.717, 1.165) is 0 Å². The minimum Gasteiger partial charge on any atom is -0.469 e. The van der Waals surface area contributed by atoms with E-state index in [9.17, 15) is 9.90 Å². The smallest absolute Gasteiger partial charge is 0.254 e. The molecule has 1 aromatic heterocycles. The van der Waals surface area contributed by atoms with Crippen LogP contribution in [-0.2, 0) is 0 Å². The van der Waals surface area contributed by atoms with E-state index in [1.165, 1.54) is 6.26 Å². The van der Waals surface area contributed by atoms with Crippen LogP contribution in [0.15, 0.2) is 41.0 Å². The van der Waals surface area contributed by atoms with Crippen molar-refractivity contribution in [2.75, 3.05) is 6.54 Å². The molecule has 0 radical (unpaired) electrons. The molecule has 19 heavy (non-hydrogen) atoms. The summed E-state index contributed by atoms with van der Waals surface area (Å²) in [6, 6.07) is 8.50. The zero-order valence-corrected chi connectivity index (χ0v) is 11.1. The van der Waals surface area contributed by atoms with Crippen molar-refractivity contribution in [3.05, 3.63) is 58.5 Å². The quantitative estimate of drug-likeness (QED) is 0.904. The molecule has 100 valence electrons. The molecule has 4 nitrogen and oxygen atoms in total. The first kappa shape index (κ1) is 13.6. The van der Waals surface area contributed by atoms with Crippen molar-refractivity contribution in [3.8, 4) is 0 Å². The van der Waals surface area contributed by atoms with Crippen LogP contribution in [-0.4, -0.2) is 17.6 Å². The highest BCUT2D eigenvalue weighted by Gasteiger charge is 2.14. The maximum atomic E-state index is 11.8. The van der Waals surface area contributed by atoms with Crippen LogP contribution in [0.4, 0.5) is 0 Å². The molecular weight excluding hydrogens is 266 g/mol. The summed E-state index contributed by atoms with van der Waals surface area (Å²) in [5.74, 6) is 0.280. The number of nitrogens with one attached hydrogen (secondary N) is 1. The van der Waals surface area contributed by atoms with Crippen molar-refractivity contribution in [2.45, 2.75) is 13.0 Å². The van der Waals surface area contributed by atoms with Crippen molar-refractivity contribution in [1.29, 1.82) is 0 Å². The average molecular weight is 280 g/mol. The normalized spacial score (nSPS) is 12.2. The molecule has 0 bridgehead atoms. The molecule has 0 spiro atoms. The standard InChI is InChI=1S/C14H14ClNO3/c1-9-12(5-6-19-9)14(18)16-8-13(17)10-3-2-4-11(15)7-10/h2-7,13,17H,8H2,1H3,(H,16,18)/t13-/m1/s1. The van der Waals surface area contributed by atoms with Crippen molar-refractivity contribution < 1.29 is 14.3 Å². The highest BCUT2D eigenvalue weighted by molar-refractivity contribution is 6.30. The summed E-state index contributed by atoms with van der Waals surface area (Å²) in [5, 5.41) is 13.2. The fourth-order valence-corrected chi connectivity index (χ4v) is 1.94. The monoisotopic (exact) mass is 279 g/mol. The van der Waals surface area contributed by atoms with E-state index in [1.54, 1.807) is 37.3 Å². The van der Waals surface area contributed by atoms with Crippen molar-refractivity contribution in [3.63, 3.8) is 0 Å². The van der Waals surface area contributed by atoms with Crippen LogP contribution in [0.2, 0.25) is 5.02 Å². The van der Waals surface area contributed by atoms with Crippen LogP contribution in [0.5, 0.6) is 0 Å². The van der Waals surface area contributed by atoms with Gasteiger partial charge in [0.05, 0.1) is 17.9 Å². The Bertz CT molecular complexity index is 580. The maximum absolute atomic E-state index is 11.8. The highest BCUT2D eigenvalue weighted by atomic mass is 35.5. The number of carbonyl (C=O) groups excluding carboxylic acids is 1.